The molecule has 0 spiro atoms. The molecule has 0 saturated carbocycles. The van der Waals surface area contributed by atoms with Crippen molar-refractivity contribution in [1.82, 2.24) is 19.8 Å². The summed E-state index contributed by atoms with van der Waals surface area (Å²) < 4.78 is 45.0. The zero-order valence-electron chi connectivity index (χ0n) is 16.6. The Balaban J connectivity index is 1.54. The first-order valence-electron chi connectivity index (χ1n) is 9.33. The van der Waals surface area contributed by atoms with Crippen molar-refractivity contribution in [2.75, 3.05) is 5.75 Å². The molecule has 11 heteroatoms. The van der Waals surface area contributed by atoms with Gasteiger partial charge in [-0.2, -0.15) is 18.3 Å². The molecule has 7 nitrogen and oxygen atoms in total. The summed E-state index contributed by atoms with van der Waals surface area (Å²) >= 11 is 0.875. The fourth-order valence-electron chi connectivity index (χ4n) is 3.24. The van der Waals surface area contributed by atoms with Gasteiger partial charge in [-0.1, -0.05) is 41.6 Å². The van der Waals surface area contributed by atoms with Gasteiger partial charge in [-0.25, -0.2) is 5.01 Å². The van der Waals surface area contributed by atoms with Gasteiger partial charge in [0.15, 0.2) is 5.16 Å². The van der Waals surface area contributed by atoms with Crippen molar-refractivity contribution in [1.29, 1.82) is 0 Å². The molecular formula is C20H18F3N5O2S. The number of thioether (sulfide) groups is 1. The van der Waals surface area contributed by atoms with Gasteiger partial charge >= 0.3 is 6.18 Å². The quantitative estimate of drug-likeness (QED) is 0.546. The third-order valence-electron chi connectivity index (χ3n) is 4.84. The van der Waals surface area contributed by atoms with E-state index < -0.39 is 18.0 Å². The molecule has 3 aromatic rings. The Morgan fingerprint density at radius 1 is 1.23 bits per heavy atom. The van der Waals surface area contributed by atoms with Crippen molar-refractivity contribution >= 4 is 23.4 Å². The smallest absolute Gasteiger partial charge is 0.451 e. The van der Waals surface area contributed by atoms with Gasteiger partial charge < -0.3 is 8.98 Å². The Bertz CT molecular complexity index is 1110. The minimum Gasteiger partial charge on any atom is -0.467 e. The highest BCUT2D eigenvalue weighted by atomic mass is 32.2. The number of halogens is 3. The zero-order chi connectivity index (χ0) is 22.2. The van der Waals surface area contributed by atoms with E-state index >= 15 is 0 Å². The van der Waals surface area contributed by atoms with Crippen molar-refractivity contribution < 1.29 is 22.4 Å². The van der Waals surface area contributed by atoms with Gasteiger partial charge in [0.1, 0.15) is 11.8 Å². The summed E-state index contributed by atoms with van der Waals surface area (Å²) in [5.41, 5.74) is 2.74. The molecule has 3 heterocycles. The molecule has 0 aliphatic carbocycles. The lowest BCUT2D eigenvalue weighted by molar-refractivity contribution is -0.147. The third kappa shape index (κ3) is 4.36. The van der Waals surface area contributed by atoms with Gasteiger partial charge in [0.2, 0.25) is 5.82 Å². The molecule has 4 rings (SSSR count). The molecule has 1 aliphatic heterocycles. The second-order valence-corrected chi connectivity index (χ2v) is 7.98. The van der Waals surface area contributed by atoms with Crippen LogP contribution in [0.3, 0.4) is 0 Å². The van der Waals surface area contributed by atoms with Gasteiger partial charge in [0.05, 0.1) is 17.7 Å². The summed E-state index contributed by atoms with van der Waals surface area (Å²) in [6, 6.07) is 10.9. The van der Waals surface area contributed by atoms with Gasteiger partial charge in [-0.05, 0) is 24.6 Å². The lowest BCUT2D eigenvalue weighted by atomic mass is 10.0. The average molecular weight is 449 g/mol. The number of aryl methyl sites for hydroxylation is 1. The maximum Gasteiger partial charge on any atom is 0.451 e. The highest BCUT2D eigenvalue weighted by Crippen LogP contribution is 2.34. The van der Waals surface area contributed by atoms with Crippen LogP contribution in [0.15, 0.2) is 57.3 Å². The molecule has 31 heavy (non-hydrogen) atoms. The largest absolute Gasteiger partial charge is 0.467 e. The molecule has 0 bridgehead atoms. The van der Waals surface area contributed by atoms with E-state index in [-0.39, 0.29) is 16.8 Å². The average Bonchev–Trinajstić information content (AvgIpc) is 3.45. The number of benzene rings is 1. The lowest BCUT2D eigenvalue weighted by Crippen LogP contribution is -2.28. The molecule has 1 atom stereocenters. The summed E-state index contributed by atoms with van der Waals surface area (Å²) in [6.07, 6.45) is -2.62. The van der Waals surface area contributed by atoms with Crippen LogP contribution in [0.4, 0.5) is 13.2 Å². The van der Waals surface area contributed by atoms with Crippen molar-refractivity contribution in [2.24, 2.45) is 12.1 Å². The van der Waals surface area contributed by atoms with E-state index in [4.69, 9.17) is 4.42 Å². The molecule has 2 aromatic heterocycles. The van der Waals surface area contributed by atoms with Crippen molar-refractivity contribution in [3.8, 4) is 0 Å². The van der Waals surface area contributed by atoms with E-state index in [1.807, 2.05) is 31.2 Å². The molecule has 1 aromatic carbocycles. The monoisotopic (exact) mass is 449 g/mol. The number of rotatable bonds is 5. The van der Waals surface area contributed by atoms with Gasteiger partial charge in [0.25, 0.3) is 5.91 Å². The molecule has 0 N–H and O–H groups in total. The standard InChI is InChI=1S/C20H18F3N5O2S/c1-12-5-7-13(8-6-12)14-10-15(16-4-3-9-30-16)28(26-14)17(29)11-31-19-25-24-18(27(19)2)20(21,22)23/h3-9,15H,10-11H2,1-2H3/t15-/m0/s1. The van der Waals surface area contributed by atoms with Crippen LogP contribution in [0.25, 0.3) is 0 Å². The van der Waals surface area contributed by atoms with Crippen LogP contribution in [0.2, 0.25) is 0 Å². The van der Waals surface area contributed by atoms with Gasteiger partial charge in [0, 0.05) is 13.5 Å². The minimum atomic E-state index is -4.61. The number of furan rings is 1. The zero-order valence-corrected chi connectivity index (χ0v) is 17.4. The number of carbonyl (C=O) groups excluding carboxylic acids is 1. The molecule has 162 valence electrons. The van der Waals surface area contributed by atoms with Crippen LogP contribution < -0.4 is 0 Å². The number of amides is 1. The Kier molecular flexibility index (Phi) is 5.61. The molecule has 0 fully saturated rings. The summed E-state index contributed by atoms with van der Waals surface area (Å²) in [5, 5.41) is 12.6. The van der Waals surface area contributed by atoms with E-state index in [1.165, 1.54) is 18.3 Å². The second kappa shape index (κ2) is 8.22. The van der Waals surface area contributed by atoms with E-state index in [9.17, 15) is 18.0 Å². The number of hydrogen-bond acceptors (Lipinski definition) is 6. The van der Waals surface area contributed by atoms with E-state index in [0.29, 0.717) is 12.2 Å². The highest BCUT2D eigenvalue weighted by molar-refractivity contribution is 7.99. The predicted molar refractivity (Wildman–Crippen MR) is 107 cm³/mol. The van der Waals surface area contributed by atoms with Gasteiger partial charge in [-0.3, -0.25) is 4.79 Å². The van der Waals surface area contributed by atoms with E-state index in [0.717, 1.165) is 33.2 Å². The maximum atomic E-state index is 12.9. The Morgan fingerprint density at radius 3 is 2.58 bits per heavy atom. The number of carbonyl (C=O) groups is 1. The summed E-state index contributed by atoms with van der Waals surface area (Å²) in [5.74, 6) is -1.05. The number of alkyl halides is 3. The first-order chi connectivity index (χ1) is 14.7. The Morgan fingerprint density at radius 2 is 1.97 bits per heavy atom. The van der Waals surface area contributed by atoms with Gasteiger partial charge in [-0.15, -0.1) is 10.2 Å². The van der Waals surface area contributed by atoms with Crippen LogP contribution in [-0.4, -0.2) is 37.1 Å². The molecule has 0 saturated heterocycles. The molecule has 0 unspecified atom stereocenters. The molecule has 1 amide bonds. The number of nitrogens with zero attached hydrogens (tertiary/aromatic N) is 5. The van der Waals surface area contributed by atoms with E-state index in [2.05, 4.69) is 15.3 Å². The van der Waals surface area contributed by atoms with Crippen LogP contribution in [0.1, 0.15) is 35.2 Å². The second-order valence-electron chi connectivity index (χ2n) is 7.04. The SMILES string of the molecule is Cc1ccc(C2=NN(C(=O)CSc3nnc(C(F)(F)F)n3C)[C@H](c3ccco3)C2)cc1. The Labute approximate surface area is 179 Å². The van der Waals surface area contributed by atoms with Crippen molar-refractivity contribution in [3.63, 3.8) is 0 Å². The summed E-state index contributed by atoms with van der Waals surface area (Å²) in [4.78, 5) is 12.9. The summed E-state index contributed by atoms with van der Waals surface area (Å²) in [6.45, 7) is 1.98. The highest BCUT2D eigenvalue weighted by Gasteiger charge is 2.38. The topological polar surface area (TPSA) is 76.5 Å². The van der Waals surface area contributed by atoms with Crippen LogP contribution in [0.5, 0.6) is 0 Å². The van der Waals surface area contributed by atoms with Crippen LogP contribution >= 0.6 is 11.8 Å². The Hall–Kier alpha value is -3.08. The van der Waals surface area contributed by atoms with E-state index in [1.54, 1.807) is 12.1 Å². The van der Waals surface area contributed by atoms with Crippen molar-refractivity contribution in [3.05, 3.63) is 65.4 Å². The summed E-state index contributed by atoms with van der Waals surface area (Å²) in [7, 11) is 1.21. The first kappa shape index (κ1) is 21.2. The van der Waals surface area contributed by atoms with Crippen LogP contribution in [-0.2, 0) is 18.0 Å². The lowest BCUT2D eigenvalue weighted by Gasteiger charge is -2.19. The normalized spacial score (nSPS) is 16.6. The number of aromatic nitrogens is 3. The van der Waals surface area contributed by atoms with Crippen molar-refractivity contribution in [2.45, 2.75) is 30.7 Å². The third-order valence-corrected chi connectivity index (χ3v) is 5.84. The minimum absolute atomic E-state index is 0.00263. The predicted octanol–water partition coefficient (Wildman–Crippen LogP) is 4.21. The molecule has 0 radical (unpaired) electrons. The molecule has 1 aliphatic rings. The number of hydrazone groups is 1. The maximum absolute atomic E-state index is 12.9. The fraction of sp³-hybridized carbons (Fsp3) is 0.300. The van der Waals surface area contributed by atoms with Crippen LogP contribution in [0, 0.1) is 6.92 Å². The number of hydrogen-bond donors (Lipinski definition) is 0. The fourth-order valence-corrected chi connectivity index (χ4v) is 4.01. The molecular weight excluding hydrogens is 431 g/mol. The first-order valence-corrected chi connectivity index (χ1v) is 10.3.